The first kappa shape index (κ1) is 18.0. The van der Waals surface area contributed by atoms with Crippen LogP contribution in [0.3, 0.4) is 0 Å². The fourth-order valence-corrected chi connectivity index (χ4v) is 4.79. The lowest BCUT2D eigenvalue weighted by atomic mass is 10.1. The molecule has 0 spiro atoms. The van der Waals surface area contributed by atoms with Crippen LogP contribution in [-0.4, -0.2) is 22.2 Å². The van der Waals surface area contributed by atoms with Crippen molar-refractivity contribution in [2.24, 2.45) is 0 Å². The number of para-hydroxylation sites is 1. The number of aromatic nitrogens is 1. The van der Waals surface area contributed by atoms with Crippen LogP contribution in [0.25, 0.3) is 10.2 Å². The third kappa shape index (κ3) is 5.06. The Morgan fingerprint density at radius 3 is 2.60 bits per heavy atom. The topological polar surface area (TPSA) is 42.0 Å². The van der Waals surface area contributed by atoms with E-state index in [4.69, 9.17) is 0 Å². The van der Waals surface area contributed by atoms with Crippen molar-refractivity contribution < 1.29 is 4.79 Å². The van der Waals surface area contributed by atoms with E-state index in [0.717, 1.165) is 27.4 Å². The van der Waals surface area contributed by atoms with Gasteiger partial charge in [-0.05, 0) is 44.4 Å². The van der Waals surface area contributed by atoms with Gasteiger partial charge in [0.2, 0.25) is 5.91 Å². The average Bonchev–Trinajstić information content (AvgIpc) is 3.03. The van der Waals surface area contributed by atoms with E-state index < -0.39 is 0 Å². The normalized spacial score (nSPS) is 13.5. The largest absolute Gasteiger partial charge is 0.353 e. The third-order valence-electron chi connectivity index (χ3n) is 4.02. The van der Waals surface area contributed by atoms with Gasteiger partial charge in [-0.25, -0.2) is 4.98 Å². The number of nitrogens with zero attached hydrogens (tertiary/aromatic N) is 1. The van der Waals surface area contributed by atoms with Gasteiger partial charge in [-0.15, -0.1) is 11.3 Å². The predicted octanol–water partition coefficient (Wildman–Crippen LogP) is 4.91. The first-order chi connectivity index (χ1) is 12.1. The number of thiazole rings is 1. The molecule has 3 aromatic rings. The van der Waals surface area contributed by atoms with Gasteiger partial charge < -0.3 is 5.32 Å². The van der Waals surface area contributed by atoms with Gasteiger partial charge in [0, 0.05) is 6.04 Å². The Kier molecular flexibility index (Phi) is 6.10. The highest BCUT2D eigenvalue weighted by molar-refractivity contribution is 8.02. The number of hydrogen-bond acceptors (Lipinski definition) is 4. The van der Waals surface area contributed by atoms with Gasteiger partial charge in [-0.3, -0.25) is 4.79 Å². The SMILES string of the molecule is CC(CCc1ccccc1)NC(=O)C(C)Sc1nc2ccccc2s1. The van der Waals surface area contributed by atoms with E-state index in [1.807, 2.05) is 31.2 Å². The zero-order valence-corrected chi connectivity index (χ0v) is 16.1. The monoisotopic (exact) mass is 370 g/mol. The molecule has 0 saturated carbocycles. The number of amides is 1. The summed E-state index contributed by atoms with van der Waals surface area (Å²) < 4.78 is 2.11. The second-order valence-corrected chi connectivity index (χ2v) is 8.76. The number of carbonyl (C=O) groups excluding carboxylic acids is 1. The number of fused-ring (bicyclic) bond motifs is 1. The highest BCUT2D eigenvalue weighted by Crippen LogP contribution is 2.31. The van der Waals surface area contributed by atoms with Crippen molar-refractivity contribution in [1.82, 2.24) is 10.3 Å². The maximum Gasteiger partial charge on any atom is 0.233 e. The molecule has 1 amide bonds. The van der Waals surface area contributed by atoms with Crippen molar-refractivity contribution in [3.63, 3.8) is 0 Å². The Hall–Kier alpha value is -1.85. The molecule has 1 aromatic heterocycles. The molecule has 0 bridgehead atoms. The van der Waals surface area contributed by atoms with E-state index >= 15 is 0 Å². The first-order valence-corrected chi connectivity index (χ1v) is 10.2. The van der Waals surface area contributed by atoms with E-state index in [1.54, 1.807) is 11.3 Å². The van der Waals surface area contributed by atoms with Crippen LogP contribution in [0, 0.1) is 0 Å². The molecular formula is C20H22N2OS2. The van der Waals surface area contributed by atoms with Crippen LogP contribution in [0.1, 0.15) is 25.8 Å². The molecule has 130 valence electrons. The zero-order chi connectivity index (χ0) is 17.6. The maximum absolute atomic E-state index is 12.4. The molecule has 2 unspecified atom stereocenters. The molecule has 0 aliphatic carbocycles. The smallest absolute Gasteiger partial charge is 0.233 e. The maximum atomic E-state index is 12.4. The van der Waals surface area contributed by atoms with Crippen molar-refractivity contribution in [2.45, 2.75) is 42.3 Å². The molecule has 0 aliphatic heterocycles. The zero-order valence-electron chi connectivity index (χ0n) is 14.4. The van der Waals surface area contributed by atoms with Gasteiger partial charge in [0.25, 0.3) is 0 Å². The quantitative estimate of drug-likeness (QED) is 0.601. The predicted molar refractivity (Wildman–Crippen MR) is 107 cm³/mol. The Bertz CT molecular complexity index is 799. The lowest BCUT2D eigenvalue weighted by Gasteiger charge is -2.16. The van der Waals surface area contributed by atoms with Gasteiger partial charge >= 0.3 is 0 Å². The highest BCUT2D eigenvalue weighted by Gasteiger charge is 2.18. The minimum atomic E-state index is -0.153. The van der Waals surface area contributed by atoms with E-state index in [2.05, 4.69) is 47.6 Å². The summed E-state index contributed by atoms with van der Waals surface area (Å²) in [4.78, 5) is 17.0. The Balaban J connectivity index is 1.49. The van der Waals surface area contributed by atoms with Crippen molar-refractivity contribution >= 4 is 39.2 Å². The number of carbonyl (C=O) groups is 1. The molecule has 5 heteroatoms. The number of aryl methyl sites for hydroxylation is 1. The molecule has 2 aromatic carbocycles. The van der Waals surface area contributed by atoms with Gasteiger partial charge in [0.1, 0.15) is 0 Å². The molecule has 2 atom stereocenters. The van der Waals surface area contributed by atoms with Gasteiger partial charge in [0.15, 0.2) is 4.34 Å². The van der Waals surface area contributed by atoms with Crippen LogP contribution in [0.2, 0.25) is 0 Å². The third-order valence-corrected chi connectivity index (χ3v) is 6.25. The number of thioether (sulfide) groups is 1. The lowest BCUT2D eigenvalue weighted by Crippen LogP contribution is -2.37. The van der Waals surface area contributed by atoms with E-state index in [1.165, 1.54) is 17.3 Å². The summed E-state index contributed by atoms with van der Waals surface area (Å²) in [5.74, 6) is 0.0739. The first-order valence-electron chi connectivity index (χ1n) is 8.48. The summed E-state index contributed by atoms with van der Waals surface area (Å²) in [5, 5.41) is 2.97. The van der Waals surface area contributed by atoms with Crippen LogP contribution in [0.15, 0.2) is 58.9 Å². The molecular weight excluding hydrogens is 348 g/mol. The summed E-state index contributed by atoms with van der Waals surface area (Å²) in [6, 6.07) is 18.6. The molecule has 0 radical (unpaired) electrons. The average molecular weight is 371 g/mol. The summed E-state index contributed by atoms with van der Waals surface area (Å²) in [6.45, 7) is 4.01. The van der Waals surface area contributed by atoms with Gasteiger partial charge in [-0.1, -0.05) is 54.2 Å². The Labute approximate surface area is 156 Å². The molecule has 3 nitrogen and oxygen atoms in total. The standard InChI is InChI=1S/C20H22N2OS2/c1-14(12-13-16-8-4-3-5-9-16)21-19(23)15(2)24-20-22-17-10-6-7-11-18(17)25-20/h3-11,14-15H,12-13H2,1-2H3,(H,21,23). The van der Waals surface area contributed by atoms with Crippen LogP contribution in [0.4, 0.5) is 0 Å². The van der Waals surface area contributed by atoms with Crippen molar-refractivity contribution in [2.75, 3.05) is 0 Å². The summed E-state index contributed by atoms with van der Waals surface area (Å²) in [7, 11) is 0. The number of benzene rings is 2. The lowest BCUT2D eigenvalue weighted by molar-refractivity contribution is -0.120. The van der Waals surface area contributed by atoms with Crippen molar-refractivity contribution in [1.29, 1.82) is 0 Å². The molecule has 0 saturated heterocycles. The highest BCUT2D eigenvalue weighted by atomic mass is 32.2. The van der Waals surface area contributed by atoms with Crippen LogP contribution < -0.4 is 5.32 Å². The molecule has 0 fully saturated rings. The second kappa shape index (κ2) is 8.50. The van der Waals surface area contributed by atoms with Crippen LogP contribution >= 0.6 is 23.1 Å². The Morgan fingerprint density at radius 2 is 1.84 bits per heavy atom. The van der Waals surface area contributed by atoms with Crippen molar-refractivity contribution in [3.8, 4) is 0 Å². The number of nitrogens with one attached hydrogen (secondary N) is 1. The molecule has 1 heterocycles. The summed E-state index contributed by atoms with van der Waals surface area (Å²) in [5.41, 5.74) is 2.30. The van der Waals surface area contributed by atoms with Crippen LogP contribution in [-0.2, 0) is 11.2 Å². The van der Waals surface area contributed by atoms with E-state index in [0.29, 0.717) is 0 Å². The van der Waals surface area contributed by atoms with Crippen LogP contribution in [0.5, 0.6) is 0 Å². The molecule has 3 rings (SSSR count). The van der Waals surface area contributed by atoms with E-state index in [-0.39, 0.29) is 17.2 Å². The molecule has 1 N–H and O–H groups in total. The molecule has 25 heavy (non-hydrogen) atoms. The minimum Gasteiger partial charge on any atom is -0.353 e. The van der Waals surface area contributed by atoms with Gasteiger partial charge in [0.05, 0.1) is 15.5 Å². The number of hydrogen-bond donors (Lipinski definition) is 1. The Morgan fingerprint density at radius 1 is 1.12 bits per heavy atom. The fourth-order valence-electron chi connectivity index (χ4n) is 2.57. The minimum absolute atomic E-state index is 0.0739. The summed E-state index contributed by atoms with van der Waals surface area (Å²) in [6.07, 6.45) is 1.91. The number of rotatable bonds is 7. The summed E-state index contributed by atoms with van der Waals surface area (Å²) >= 11 is 3.17. The van der Waals surface area contributed by atoms with Gasteiger partial charge in [-0.2, -0.15) is 0 Å². The second-order valence-electron chi connectivity index (χ2n) is 6.14. The molecule has 0 aliphatic rings. The van der Waals surface area contributed by atoms with Crippen molar-refractivity contribution in [3.05, 3.63) is 60.2 Å². The fraction of sp³-hybridized carbons (Fsp3) is 0.300. The van der Waals surface area contributed by atoms with E-state index in [9.17, 15) is 4.79 Å².